The molecular weight excluding hydrogens is 356 g/mol. The summed E-state index contributed by atoms with van der Waals surface area (Å²) in [4.78, 5) is 1.69. The highest BCUT2D eigenvalue weighted by Crippen LogP contribution is 2.30. The molecule has 0 spiro atoms. The summed E-state index contributed by atoms with van der Waals surface area (Å²) in [6.07, 6.45) is 5.33. The lowest BCUT2D eigenvalue weighted by atomic mass is 9.94. The van der Waals surface area contributed by atoms with Crippen LogP contribution in [0, 0.1) is 0 Å². The van der Waals surface area contributed by atoms with E-state index in [0.29, 0.717) is 4.47 Å². The Morgan fingerprint density at radius 3 is 2.72 bits per heavy atom. The van der Waals surface area contributed by atoms with Crippen LogP contribution in [0.5, 0.6) is 0 Å². The quantitative estimate of drug-likeness (QED) is 0.780. The van der Waals surface area contributed by atoms with Crippen LogP contribution in [0.3, 0.4) is 0 Å². The van der Waals surface area contributed by atoms with Gasteiger partial charge in [-0.15, -0.1) is 0 Å². The average Bonchev–Trinajstić information content (AvgIpc) is 2.51. The molecule has 1 aliphatic rings. The summed E-state index contributed by atoms with van der Waals surface area (Å²) in [5, 5.41) is 0. The molecule has 1 saturated carbocycles. The molecule has 0 heterocycles. The summed E-state index contributed by atoms with van der Waals surface area (Å²) >= 11 is 6.45. The van der Waals surface area contributed by atoms with Crippen molar-refractivity contribution in [2.45, 2.75) is 44.6 Å². The van der Waals surface area contributed by atoms with Crippen molar-refractivity contribution in [3.63, 3.8) is 0 Å². The van der Waals surface area contributed by atoms with Gasteiger partial charge in [0.05, 0.1) is 8.43 Å². The number of hydrogen-bond donors (Lipinski definition) is 1. The Morgan fingerprint density at radius 2 is 2.06 bits per heavy atom. The van der Waals surface area contributed by atoms with Crippen LogP contribution in [-0.4, -0.2) is 18.0 Å². The van der Waals surface area contributed by atoms with Crippen LogP contribution in [0.25, 0.3) is 0 Å². The Labute approximate surface area is 132 Å². The fourth-order valence-electron chi connectivity index (χ4n) is 2.31. The number of nitrogens with zero attached hydrogens (tertiary/aromatic N) is 1. The minimum Gasteiger partial charge on any atom is -0.398 e. The number of rotatable bonds is 3. The number of hydrogen-bond acceptors (Lipinski definition) is 2. The second-order valence-corrected chi connectivity index (χ2v) is 6.27. The molecule has 1 aromatic carbocycles. The molecule has 4 heteroatoms. The van der Waals surface area contributed by atoms with Crippen molar-refractivity contribution in [2.75, 3.05) is 12.8 Å². The molecule has 0 amide bonds. The van der Waals surface area contributed by atoms with Gasteiger partial charge in [0, 0.05) is 24.2 Å². The van der Waals surface area contributed by atoms with Crippen LogP contribution in [-0.2, 0) is 6.50 Å². The number of nitrogens with two attached hydrogens (primary N) is 1. The molecule has 2 rings (SSSR count). The number of anilines is 1. The highest BCUT2D eigenvalue weighted by Gasteiger charge is 2.19. The molecule has 0 radical (unpaired) electrons. The van der Waals surface area contributed by atoms with Crippen molar-refractivity contribution in [3.8, 4) is 0 Å². The molecule has 0 saturated heterocycles. The molecule has 0 aromatic heterocycles. The molecular formula is C14H20Br2N2. The first-order valence-electron chi connectivity index (χ1n) is 8.16. The maximum atomic E-state index is 8.54. The predicted octanol–water partition coefficient (Wildman–Crippen LogP) is 4.56. The van der Waals surface area contributed by atoms with Gasteiger partial charge in [0.25, 0.3) is 0 Å². The Morgan fingerprint density at radius 1 is 1.39 bits per heavy atom. The normalized spacial score (nSPS) is 21.3. The number of halogens is 2. The van der Waals surface area contributed by atoms with Gasteiger partial charge in [0.2, 0.25) is 0 Å². The van der Waals surface area contributed by atoms with Gasteiger partial charge in [0.15, 0.2) is 0 Å². The van der Waals surface area contributed by atoms with E-state index in [1.54, 1.807) is 11.9 Å². The van der Waals surface area contributed by atoms with Crippen molar-refractivity contribution in [3.05, 3.63) is 26.6 Å². The molecule has 0 bridgehead atoms. The van der Waals surface area contributed by atoms with E-state index < -0.39 is 6.50 Å². The first-order chi connectivity index (χ1) is 10.2. The van der Waals surface area contributed by atoms with Gasteiger partial charge in [-0.25, -0.2) is 0 Å². The highest BCUT2D eigenvalue weighted by atomic mass is 79.9. The first kappa shape index (κ1) is 9.78. The SMILES string of the molecule is [2H]c1c(Br)c([2H])c(C([2H])([2H])N(C)C2CCCCC2)c(N)c1Br. The summed E-state index contributed by atoms with van der Waals surface area (Å²) in [5.41, 5.74) is 6.28. The largest absolute Gasteiger partial charge is 0.398 e. The average molecular weight is 380 g/mol. The Kier molecular flexibility index (Phi) is 3.48. The van der Waals surface area contributed by atoms with E-state index in [2.05, 4.69) is 31.9 Å². The van der Waals surface area contributed by atoms with Crippen molar-refractivity contribution in [1.82, 2.24) is 4.90 Å². The third-order valence-electron chi connectivity index (χ3n) is 3.37. The summed E-state index contributed by atoms with van der Waals surface area (Å²) < 4.78 is 33.8. The molecule has 1 aromatic rings. The predicted molar refractivity (Wildman–Crippen MR) is 84.6 cm³/mol. The summed E-state index contributed by atoms with van der Waals surface area (Å²) in [5.74, 6) is 0. The molecule has 0 atom stereocenters. The fourth-order valence-corrected chi connectivity index (χ4v) is 3.36. The molecule has 2 N–H and O–H groups in total. The van der Waals surface area contributed by atoms with Crippen LogP contribution in [0.4, 0.5) is 5.69 Å². The summed E-state index contributed by atoms with van der Waals surface area (Å²) in [6.45, 7) is -1.86. The Bertz CT molecular complexity index is 545. The van der Waals surface area contributed by atoms with Crippen LogP contribution >= 0.6 is 31.9 Å². The van der Waals surface area contributed by atoms with E-state index in [0.717, 1.165) is 25.7 Å². The van der Waals surface area contributed by atoms with Gasteiger partial charge >= 0.3 is 0 Å². The smallest absolute Gasteiger partial charge is 0.0647 e. The first-order valence-corrected chi connectivity index (χ1v) is 7.75. The van der Waals surface area contributed by atoms with Crippen molar-refractivity contribution < 1.29 is 5.48 Å². The van der Waals surface area contributed by atoms with Gasteiger partial charge < -0.3 is 5.73 Å². The maximum absolute atomic E-state index is 8.54. The van der Waals surface area contributed by atoms with Gasteiger partial charge in [-0.3, -0.25) is 4.90 Å². The molecule has 0 aliphatic heterocycles. The van der Waals surface area contributed by atoms with E-state index >= 15 is 0 Å². The van der Waals surface area contributed by atoms with Crippen LogP contribution in [0.15, 0.2) is 21.0 Å². The topological polar surface area (TPSA) is 29.3 Å². The number of nitrogen functional groups attached to an aromatic ring is 1. The van der Waals surface area contributed by atoms with Gasteiger partial charge in [-0.05, 0) is 53.5 Å². The standard InChI is InChI=1S/C14H20Br2N2/c1-18(12-5-3-2-4-6-12)9-10-7-11(15)8-13(16)14(10)17/h7-8,12H,2-6,9,17H2,1H3/i7D,8D,9D2. The molecule has 1 aliphatic carbocycles. The second kappa shape index (κ2) is 6.40. The maximum Gasteiger partial charge on any atom is 0.0647 e. The van der Waals surface area contributed by atoms with Crippen LogP contribution < -0.4 is 5.73 Å². The molecule has 100 valence electrons. The fraction of sp³-hybridized carbons (Fsp3) is 0.571. The van der Waals surface area contributed by atoms with Gasteiger partial charge in [-0.1, -0.05) is 35.2 Å². The molecule has 18 heavy (non-hydrogen) atoms. The number of benzene rings is 1. The second-order valence-electron chi connectivity index (χ2n) is 4.68. The zero-order valence-corrected chi connectivity index (χ0v) is 13.6. The van der Waals surface area contributed by atoms with E-state index in [9.17, 15) is 0 Å². The monoisotopic (exact) mass is 378 g/mol. The molecule has 1 fully saturated rings. The molecule has 0 unspecified atom stereocenters. The van der Waals surface area contributed by atoms with E-state index in [-0.39, 0.29) is 33.9 Å². The van der Waals surface area contributed by atoms with Crippen LogP contribution in [0.2, 0.25) is 0 Å². The third-order valence-corrected chi connectivity index (χ3v) is 4.39. The lowest BCUT2D eigenvalue weighted by Gasteiger charge is -2.31. The van der Waals surface area contributed by atoms with Gasteiger partial charge in [0.1, 0.15) is 0 Å². The van der Waals surface area contributed by atoms with Gasteiger partial charge in [-0.2, -0.15) is 0 Å². The summed E-state index contributed by atoms with van der Waals surface area (Å²) in [6, 6.07) is 0.163. The lowest BCUT2D eigenvalue weighted by Crippen LogP contribution is -2.33. The lowest BCUT2D eigenvalue weighted by molar-refractivity contribution is 0.185. The summed E-state index contributed by atoms with van der Waals surface area (Å²) in [7, 11) is 1.76. The zero-order chi connectivity index (χ0) is 16.7. The minimum atomic E-state index is -1.86. The van der Waals surface area contributed by atoms with Crippen LogP contribution in [0.1, 0.15) is 43.2 Å². The van der Waals surface area contributed by atoms with Crippen molar-refractivity contribution in [1.29, 1.82) is 0 Å². The van der Waals surface area contributed by atoms with Crippen molar-refractivity contribution >= 4 is 37.5 Å². The zero-order valence-electron chi connectivity index (χ0n) is 14.4. The Hall–Kier alpha value is -0.0600. The minimum absolute atomic E-state index is 0.0571. The molecule has 2 nitrogen and oxygen atoms in total. The highest BCUT2D eigenvalue weighted by molar-refractivity contribution is 9.11. The van der Waals surface area contributed by atoms with E-state index in [1.165, 1.54) is 6.42 Å². The van der Waals surface area contributed by atoms with E-state index in [1.807, 2.05) is 0 Å². The third kappa shape index (κ3) is 3.49. The van der Waals surface area contributed by atoms with Crippen molar-refractivity contribution in [2.24, 2.45) is 0 Å². The van der Waals surface area contributed by atoms with E-state index in [4.69, 9.17) is 11.2 Å². The Balaban J connectivity index is 2.49.